The van der Waals surface area contributed by atoms with E-state index in [0.717, 1.165) is 25.7 Å². The molecule has 0 spiro atoms. The third kappa shape index (κ3) is 5.34. The molecule has 42 heavy (non-hydrogen) atoms. The Hall–Kier alpha value is -0.910. The zero-order chi connectivity index (χ0) is 30.7. The van der Waals surface area contributed by atoms with Crippen molar-refractivity contribution in [3.63, 3.8) is 0 Å². The lowest BCUT2D eigenvalue weighted by Gasteiger charge is -2.57. The molecule has 1 aliphatic heterocycles. The molecule has 5 aliphatic rings. The summed E-state index contributed by atoms with van der Waals surface area (Å²) in [5.74, 6) is 0.391. The highest BCUT2D eigenvalue weighted by Gasteiger charge is 2.66. The number of hydrogen-bond acceptors (Lipinski definition) is 9. The van der Waals surface area contributed by atoms with Crippen LogP contribution in [0, 0.1) is 46.3 Å². The lowest BCUT2D eigenvalue weighted by atomic mass is 9.46. The van der Waals surface area contributed by atoms with Crippen LogP contribution >= 0.6 is 0 Å². The number of carbonyl (C=O) groups excluding carboxylic acids is 1. The number of aliphatic hydroxyl groups excluding tert-OH is 6. The third-order valence-electron chi connectivity index (χ3n) is 12.4. The number of Topliss-reactive ketones (excluding diaryl/α,β-unsaturated/α-hetero) is 1. The molecule has 5 rings (SSSR count). The summed E-state index contributed by atoms with van der Waals surface area (Å²) in [6, 6.07) is 0. The van der Waals surface area contributed by atoms with Crippen LogP contribution in [0.2, 0.25) is 0 Å². The zero-order valence-electron chi connectivity index (χ0n) is 25.9. The summed E-state index contributed by atoms with van der Waals surface area (Å²) in [4.78, 5) is 14.4. The van der Waals surface area contributed by atoms with Gasteiger partial charge in [-0.15, -0.1) is 0 Å². The van der Waals surface area contributed by atoms with Gasteiger partial charge >= 0.3 is 0 Å². The Morgan fingerprint density at radius 1 is 1.02 bits per heavy atom. The summed E-state index contributed by atoms with van der Waals surface area (Å²) in [7, 11) is 0. The highest BCUT2D eigenvalue weighted by Crippen LogP contribution is 2.66. The summed E-state index contributed by atoms with van der Waals surface area (Å²) in [5, 5.41) is 63.1. The van der Waals surface area contributed by atoms with Gasteiger partial charge in [0.05, 0.1) is 24.9 Å². The predicted molar refractivity (Wildman–Crippen MR) is 155 cm³/mol. The summed E-state index contributed by atoms with van der Waals surface area (Å²) in [6.45, 7) is 10.0. The molecule has 0 aromatic heterocycles. The minimum absolute atomic E-state index is 0.00939. The van der Waals surface area contributed by atoms with E-state index >= 15 is 0 Å². The van der Waals surface area contributed by atoms with Crippen molar-refractivity contribution >= 4 is 5.78 Å². The molecule has 15 atom stereocenters. The van der Waals surface area contributed by atoms with E-state index < -0.39 is 54.9 Å². The van der Waals surface area contributed by atoms with Crippen molar-refractivity contribution in [2.45, 2.75) is 135 Å². The number of hydrogen-bond donors (Lipinski definition) is 6. The van der Waals surface area contributed by atoms with Crippen LogP contribution in [0.3, 0.4) is 0 Å². The molecular formula is C33H54O9. The number of aliphatic hydroxyl groups is 6. The molecule has 9 heteroatoms. The first-order valence-corrected chi connectivity index (χ1v) is 16.3. The molecule has 0 unspecified atom stereocenters. The van der Waals surface area contributed by atoms with E-state index in [1.54, 1.807) is 0 Å². The quantitative estimate of drug-likeness (QED) is 0.232. The maximum Gasteiger partial charge on any atom is 0.186 e. The van der Waals surface area contributed by atoms with Crippen molar-refractivity contribution in [3.8, 4) is 0 Å². The second-order valence-electron chi connectivity index (χ2n) is 15.1. The van der Waals surface area contributed by atoms with Crippen LogP contribution in [-0.2, 0) is 14.3 Å². The standard InChI is InChI=1S/C33H54O9/c1-16(2)6-9-23(36)17(3)27-24(41-31-30(40)29(39)28(38)25(15-34)42-31)13-22-20-8-7-18-12-19(35)10-11-32(18,4)21(20)14-26(37)33(22,27)5/h7,16-17,19-25,27-31,34-36,38-40H,6,8-15H2,1-5H3/t17-,19+,20-,21+,22+,23+,24+,25-,27+,28-,29+,30-,31-,32+,33-/m1/s1. The number of fused-ring (bicyclic) bond motifs is 5. The second-order valence-corrected chi connectivity index (χ2v) is 15.1. The fourth-order valence-corrected chi connectivity index (χ4v) is 9.78. The van der Waals surface area contributed by atoms with E-state index in [2.05, 4.69) is 33.8 Å². The van der Waals surface area contributed by atoms with Gasteiger partial charge < -0.3 is 40.1 Å². The van der Waals surface area contributed by atoms with Crippen LogP contribution in [0.15, 0.2) is 11.6 Å². The van der Waals surface area contributed by atoms with E-state index in [4.69, 9.17) is 9.47 Å². The lowest BCUT2D eigenvalue weighted by molar-refractivity contribution is -0.315. The molecule has 4 fully saturated rings. The Balaban J connectivity index is 1.49. The molecule has 4 aliphatic carbocycles. The van der Waals surface area contributed by atoms with Gasteiger partial charge in [-0.05, 0) is 80.0 Å². The Morgan fingerprint density at radius 3 is 2.40 bits per heavy atom. The Bertz CT molecular complexity index is 1010. The summed E-state index contributed by atoms with van der Waals surface area (Å²) >= 11 is 0. The molecule has 3 saturated carbocycles. The minimum Gasteiger partial charge on any atom is -0.394 e. The number of allylic oxidation sites excluding steroid dienone is 1. The maximum atomic E-state index is 14.4. The van der Waals surface area contributed by atoms with Crippen LogP contribution in [0.4, 0.5) is 0 Å². The molecule has 0 radical (unpaired) electrons. The molecule has 1 heterocycles. The van der Waals surface area contributed by atoms with Gasteiger partial charge in [0.15, 0.2) is 6.29 Å². The first kappa shape index (κ1) is 32.5. The minimum atomic E-state index is -1.55. The van der Waals surface area contributed by atoms with Crippen molar-refractivity contribution in [2.24, 2.45) is 46.3 Å². The van der Waals surface area contributed by atoms with Crippen molar-refractivity contribution in [3.05, 3.63) is 11.6 Å². The molecule has 0 amide bonds. The molecule has 240 valence electrons. The Kier molecular flexibility index (Phi) is 9.37. The normalized spacial score (nSPS) is 48.7. The van der Waals surface area contributed by atoms with Crippen molar-refractivity contribution in [1.82, 2.24) is 0 Å². The topological polar surface area (TPSA) is 157 Å². The highest BCUT2D eigenvalue weighted by molar-refractivity contribution is 5.87. The third-order valence-corrected chi connectivity index (χ3v) is 12.4. The van der Waals surface area contributed by atoms with Gasteiger partial charge in [-0.1, -0.05) is 46.3 Å². The van der Waals surface area contributed by atoms with Gasteiger partial charge in [0.25, 0.3) is 0 Å². The summed E-state index contributed by atoms with van der Waals surface area (Å²) in [5.41, 5.74) is 0.390. The van der Waals surface area contributed by atoms with Gasteiger partial charge in [0, 0.05) is 17.8 Å². The smallest absolute Gasteiger partial charge is 0.186 e. The fraction of sp³-hybridized carbons (Fsp3) is 0.909. The van der Waals surface area contributed by atoms with E-state index in [1.807, 2.05) is 6.92 Å². The lowest BCUT2D eigenvalue weighted by Crippen LogP contribution is -2.60. The molecule has 0 aromatic rings. The summed E-state index contributed by atoms with van der Waals surface area (Å²) < 4.78 is 12.3. The molecule has 6 N–H and O–H groups in total. The van der Waals surface area contributed by atoms with Gasteiger partial charge in [0.1, 0.15) is 30.2 Å². The molecule has 9 nitrogen and oxygen atoms in total. The fourth-order valence-electron chi connectivity index (χ4n) is 9.78. The van der Waals surface area contributed by atoms with E-state index in [0.29, 0.717) is 31.6 Å². The highest BCUT2D eigenvalue weighted by atomic mass is 16.7. The number of rotatable bonds is 8. The first-order valence-electron chi connectivity index (χ1n) is 16.3. The number of ether oxygens (including phenoxy) is 2. The van der Waals surface area contributed by atoms with Crippen molar-refractivity contribution in [1.29, 1.82) is 0 Å². The zero-order valence-corrected chi connectivity index (χ0v) is 25.9. The number of carbonyl (C=O) groups is 1. The van der Waals surface area contributed by atoms with Crippen LogP contribution < -0.4 is 0 Å². The summed E-state index contributed by atoms with van der Waals surface area (Å²) in [6.07, 6.45) is -0.600. The first-order chi connectivity index (χ1) is 19.7. The van der Waals surface area contributed by atoms with E-state index in [9.17, 15) is 35.4 Å². The van der Waals surface area contributed by atoms with Crippen LogP contribution in [-0.4, -0.2) is 92.0 Å². The number of ketones is 1. The van der Waals surface area contributed by atoms with Crippen LogP contribution in [0.5, 0.6) is 0 Å². The van der Waals surface area contributed by atoms with Gasteiger partial charge in [-0.25, -0.2) is 0 Å². The molecular weight excluding hydrogens is 540 g/mol. The van der Waals surface area contributed by atoms with E-state index in [-0.39, 0.29) is 46.9 Å². The van der Waals surface area contributed by atoms with E-state index in [1.165, 1.54) is 5.57 Å². The maximum absolute atomic E-state index is 14.4. The molecule has 0 bridgehead atoms. The molecule has 1 saturated heterocycles. The Labute approximate surface area is 250 Å². The largest absolute Gasteiger partial charge is 0.394 e. The Morgan fingerprint density at radius 2 is 1.74 bits per heavy atom. The van der Waals surface area contributed by atoms with Crippen molar-refractivity contribution < 1.29 is 44.9 Å². The molecule has 0 aromatic carbocycles. The van der Waals surface area contributed by atoms with Gasteiger partial charge in [-0.3, -0.25) is 4.79 Å². The van der Waals surface area contributed by atoms with Crippen molar-refractivity contribution in [2.75, 3.05) is 6.61 Å². The van der Waals surface area contributed by atoms with Crippen LogP contribution in [0.1, 0.15) is 86.0 Å². The van der Waals surface area contributed by atoms with Crippen LogP contribution in [0.25, 0.3) is 0 Å². The average molecular weight is 595 g/mol. The monoisotopic (exact) mass is 594 g/mol. The van der Waals surface area contributed by atoms with Gasteiger partial charge in [-0.2, -0.15) is 0 Å². The average Bonchev–Trinajstić information content (AvgIpc) is 3.25. The SMILES string of the molecule is CC(C)CC[C@H](O)[C@@H](C)[C@H]1[C@@H](O[C@@H]2O[C@H](CO)[C@@H](O)[C@H](O)[C@H]2O)C[C@H]2[C@@H]3CC=C4C[C@@H](O)CC[C@]4(C)[C@H]3CC(=O)[C@]12C. The predicted octanol–water partition coefficient (Wildman–Crippen LogP) is 2.33. The van der Waals surface area contributed by atoms with Gasteiger partial charge in [0.2, 0.25) is 0 Å². The second kappa shape index (κ2) is 12.1.